The Labute approximate surface area is 198 Å². The van der Waals surface area contributed by atoms with Crippen molar-refractivity contribution in [3.8, 4) is 28.7 Å². The molecular weight excluding hydrogens is 426 g/mol. The third kappa shape index (κ3) is 5.08. The van der Waals surface area contributed by atoms with E-state index in [1.165, 1.54) is 0 Å². The predicted molar refractivity (Wildman–Crippen MR) is 132 cm³/mol. The number of anilines is 1. The van der Waals surface area contributed by atoms with Gasteiger partial charge in [-0.1, -0.05) is 36.1 Å². The van der Waals surface area contributed by atoms with Crippen LogP contribution < -0.4 is 15.8 Å². The van der Waals surface area contributed by atoms with Gasteiger partial charge in [0, 0.05) is 53.8 Å². The number of aryl methyl sites for hydroxylation is 2. The first-order valence-corrected chi connectivity index (χ1v) is 10.7. The number of nitrogens with zero attached hydrogens (tertiary/aromatic N) is 3. The number of ether oxygens (including phenoxy) is 1. The predicted octanol–water partition coefficient (Wildman–Crippen LogP) is 3.71. The van der Waals surface area contributed by atoms with Crippen LogP contribution in [0.2, 0.25) is 0 Å². The van der Waals surface area contributed by atoms with Crippen molar-refractivity contribution >= 4 is 11.7 Å². The molecule has 0 atom stereocenters. The second-order valence-corrected chi connectivity index (χ2v) is 7.83. The normalized spacial score (nSPS) is 10.3. The number of nitrogens with two attached hydrogens (primary N) is 1. The lowest BCUT2D eigenvalue weighted by Crippen LogP contribution is -2.23. The van der Waals surface area contributed by atoms with E-state index < -0.39 is 0 Å². The van der Waals surface area contributed by atoms with Gasteiger partial charge in [-0.2, -0.15) is 5.10 Å². The number of hydrogen-bond acceptors (Lipinski definition) is 5. The maximum absolute atomic E-state index is 12.8. The van der Waals surface area contributed by atoms with Gasteiger partial charge in [0.1, 0.15) is 11.6 Å². The van der Waals surface area contributed by atoms with E-state index in [9.17, 15) is 4.79 Å². The molecule has 0 unspecified atom stereocenters. The number of rotatable bonds is 5. The molecule has 34 heavy (non-hydrogen) atoms. The zero-order chi connectivity index (χ0) is 24.1. The smallest absolute Gasteiger partial charge is 0.251 e. The molecule has 0 aliphatic heterocycles. The number of aromatic nitrogens is 3. The van der Waals surface area contributed by atoms with Gasteiger partial charge in [0.25, 0.3) is 5.91 Å². The summed E-state index contributed by atoms with van der Waals surface area (Å²) in [6.45, 7) is 2.31. The van der Waals surface area contributed by atoms with Crippen molar-refractivity contribution in [2.45, 2.75) is 13.5 Å². The first kappa shape index (κ1) is 22.6. The van der Waals surface area contributed by atoms with E-state index in [4.69, 9.17) is 10.5 Å². The number of para-hydroxylation sites is 1. The summed E-state index contributed by atoms with van der Waals surface area (Å²) in [5.74, 6) is 7.16. The molecule has 7 heteroatoms. The molecule has 3 N–H and O–H groups in total. The topological polar surface area (TPSA) is 95.1 Å². The third-order valence-electron chi connectivity index (χ3n) is 5.42. The zero-order valence-electron chi connectivity index (χ0n) is 19.3. The van der Waals surface area contributed by atoms with Crippen LogP contribution in [-0.2, 0) is 13.6 Å². The maximum Gasteiger partial charge on any atom is 0.251 e. The van der Waals surface area contributed by atoms with Crippen LogP contribution >= 0.6 is 0 Å². The Kier molecular flexibility index (Phi) is 6.60. The Morgan fingerprint density at radius 2 is 1.88 bits per heavy atom. The van der Waals surface area contributed by atoms with Crippen LogP contribution in [0.3, 0.4) is 0 Å². The highest BCUT2D eigenvalue weighted by Crippen LogP contribution is 2.21. The van der Waals surface area contributed by atoms with E-state index >= 15 is 0 Å². The molecule has 0 aliphatic carbocycles. The second kappa shape index (κ2) is 9.92. The van der Waals surface area contributed by atoms with Gasteiger partial charge in [0.2, 0.25) is 0 Å². The van der Waals surface area contributed by atoms with Gasteiger partial charge in [-0.25, -0.2) is 4.98 Å². The summed E-state index contributed by atoms with van der Waals surface area (Å²) < 4.78 is 7.08. The van der Waals surface area contributed by atoms with Crippen molar-refractivity contribution < 1.29 is 9.53 Å². The second-order valence-electron chi connectivity index (χ2n) is 7.83. The number of carbonyl (C=O) groups is 1. The lowest BCUT2D eigenvalue weighted by molar-refractivity contribution is 0.0950. The summed E-state index contributed by atoms with van der Waals surface area (Å²) in [5, 5.41) is 7.14. The summed E-state index contributed by atoms with van der Waals surface area (Å²) in [5.41, 5.74) is 11.6. The summed E-state index contributed by atoms with van der Waals surface area (Å²) in [6.07, 6.45) is 5.37. The molecule has 2 aromatic heterocycles. The molecule has 1 amide bonds. The van der Waals surface area contributed by atoms with E-state index in [0.29, 0.717) is 23.5 Å². The molecule has 0 fully saturated rings. The molecule has 0 saturated heterocycles. The van der Waals surface area contributed by atoms with Crippen molar-refractivity contribution in [2.24, 2.45) is 7.05 Å². The van der Waals surface area contributed by atoms with Crippen LogP contribution in [0.15, 0.2) is 67.1 Å². The largest absolute Gasteiger partial charge is 0.496 e. The molecule has 0 radical (unpaired) electrons. The number of nitrogens with one attached hydrogen (secondary N) is 1. The van der Waals surface area contributed by atoms with Gasteiger partial charge < -0.3 is 15.8 Å². The molecule has 2 aromatic carbocycles. The molecular formula is C27H25N5O2. The first-order chi connectivity index (χ1) is 16.4. The molecule has 0 bridgehead atoms. The van der Waals surface area contributed by atoms with Crippen LogP contribution in [0.25, 0.3) is 11.1 Å². The van der Waals surface area contributed by atoms with Crippen LogP contribution in [0.5, 0.6) is 5.75 Å². The van der Waals surface area contributed by atoms with Gasteiger partial charge in [-0.15, -0.1) is 0 Å². The van der Waals surface area contributed by atoms with E-state index in [2.05, 4.69) is 27.2 Å². The number of amides is 1. The van der Waals surface area contributed by atoms with Crippen molar-refractivity contribution in [2.75, 3.05) is 12.8 Å². The third-order valence-corrected chi connectivity index (χ3v) is 5.42. The molecule has 4 rings (SSSR count). The van der Waals surface area contributed by atoms with Crippen molar-refractivity contribution in [3.63, 3.8) is 0 Å². The lowest BCUT2D eigenvalue weighted by Gasteiger charge is -2.10. The maximum atomic E-state index is 12.8. The van der Waals surface area contributed by atoms with Crippen LogP contribution in [0, 0.1) is 18.8 Å². The highest BCUT2D eigenvalue weighted by Gasteiger charge is 2.10. The number of carbonyl (C=O) groups excluding carboxylic acids is 1. The summed E-state index contributed by atoms with van der Waals surface area (Å²) in [4.78, 5) is 17.1. The molecule has 4 aromatic rings. The molecule has 2 heterocycles. The van der Waals surface area contributed by atoms with E-state index in [1.807, 2.05) is 56.6 Å². The summed E-state index contributed by atoms with van der Waals surface area (Å²) in [6, 6.07) is 14.9. The molecule has 0 aliphatic rings. The molecule has 170 valence electrons. The average molecular weight is 452 g/mol. The minimum absolute atomic E-state index is 0.186. The van der Waals surface area contributed by atoms with Crippen molar-refractivity contribution in [3.05, 3.63) is 94.9 Å². The fraction of sp³-hybridized carbons (Fsp3) is 0.148. The highest BCUT2D eigenvalue weighted by atomic mass is 16.5. The Balaban J connectivity index is 1.55. The van der Waals surface area contributed by atoms with Crippen LogP contribution in [0.1, 0.15) is 32.6 Å². The Hall–Kier alpha value is -4.57. The molecule has 0 saturated carbocycles. The fourth-order valence-corrected chi connectivity index (χ4v) is 3.46. The van der Waals surface area contributed by atoms with Crippen LogP contribution in [-0.4, -0.2) is 27.8 Å². The van der Waals surface area contributed by atoms with Crippen LogP contribution in [0.4, 0.5) is 5.82 Å². The minimum atomic E-state index is -0.186. The van der Waals surface area contributed by atoms with Gasteiger partial charge >= 0.3 is 0 Å². The fourth-order valence-electron chi connectivity index (χ4n) is 3.46. The highest BCUT2D eigenvalue weighted by molar-refractivity contribution is 5.94. The molecule has 7 nitrogen and oxygen atoms in total. The van der Waals surface area contributed by atoms with Gasteiger partial charge in [-0.3, -0.25) is 9.48 Å². The van der Waals surface area contributed by atoms with Gasteiger partial charge in [-0.05, 0) is 36.8 Å². The summed E-state index contributed by atoms with van der Waals surface area (Å²) in [7, 11) is 3.47. The van der Waals surface area contributed by atoms with Gasteiger partial charge in [0.05, 0.1) is 18.9 Å². The Morgan fingerprint density at radius 3 is 2.65 bits per heavy atom. The average Bonchev–Trinajstić information content (AvgIpc) is 3.29. The van der Waals surface area contributed by atoms with Crippen molar-refractivity contribution in [1.29, 1.82) is 0 Å². The standard InChI is InChI=1S/C27H25N5O2/c1-18-8-9-21(27(33)30-14-22-6-4-5-7-25(22)34-3)12-19(18)10-11-20-13-23(15-29-26(20)28)24-16-31-32(2)17-24/h4-9,12-13,15-17H,14H2,1-3H3,(H2,28,29)(H,30,33). The minimum Gasteiger partial charge on any atom is -0.496 e. The van der Waals surface area contributed by atoms with E-state index in [-0.39, 0.29) is 5.91 Å². The van der Waals surface area contributed by atoms with E-state index in [0.717, 1.165) is 33.6 Å². The monoisotopic (exact) mass is 451 g/mol. The lowest BCUT2D eigenvalue weighted by atomic mass is 10.0. The number of benzene rings is 2. The number of nitrogen functional groups attached to an aromatic ring is 1. The number of hydrogen-bond donors (Lipinski definition) is 2. The van der Waals surface area contributed by atoms with Crippen molar-refractivity contribution in [1.82, 2.24) is 20.1 Å². The number of methoxy groups -OCH3 is 1. The first-order valence-electron chi connectivity index (χ1n) is 10.7. The molecule has 0 spiro atoms. The SMILES string of the molecule is COc1ccccc1CNC(=O)c1ccc(C)c(C#Cc2cc(-c3cnn(C)c3)cnc2N)c1. The Bertz CT molecular complexity index is 1410. The van der Waals surface area contributed by atoms with Gasteiger partial charge in [0.15, 0.2) is 0 Å². The Morgan fingerprint density at radius 1 is 1.09 bits per heavy atom. The van der Waals surface area contributed by atoms with E-state index in [1.54, 1.807) is 36.3 Å². The summed E-state index contributed by atoms with van der Waals surface area (Å²) >= 11 is 0. The quantitative estimate of drug-likeness (QED) is 0.451. The zero-order valence-corrected chi connectivity index (χ0v) is 19.3. The number of pyridine rings is 1.